The van der Waals surface area contributed by atoms with Gasteiger partial charge in [-0.1, -0.05) is 30.3 Å². The zero-order chi connectivity index (χ0) is 22.6. The van der Waals surface area contributed by atoms with Gasteiger partial charge in [0.25, 0.3) is 0 Å². The Morgan fingerprint density at radius 1 is 1.30 bits per heavy atom. The van der Waals surface area contributed by atoms with Crippen molar-refractivity contribution in [1.29, 1.82) is 0 Å². The van der Waals surface area contributed by atoms with E-state index in [9.17, 15) is 5.11 Å². The van der Waals surface area contributed by atoms with Crippen LogP contribution in [0.5, 0.6) is 11.5 Å². The lowest BCUT2D eigenvalue weighted by Gasteiger charge is -2.67. The fourth-order valence-corrected chi connectivity index (χ4v) is 8.12. The topological polar surface area (TPSA) is 57.7 Å². The SMILES string of the molecule is C=CCN1CC[C@]23c4c5ccc(O)c4O[C@@]2(C)c2[nH]c4ccccc4c2C[C@@]3(OCC)[C@H]1C5. The summed E-state index contributed by atoms with van der Waals surface area (Å²) in [6.07, 6.45) is 4.63. The van der Waals surface area contributed by atoms with Gasteiger partial charge in [0.2, 0.25) is 0 Å². The standard InChI is InChI=1S/C28H30N2O3/c1-4-13-30-14-12-27-23-17-10-11-21(31)24(23)33-26(27,3)25-19(18-8-6-7-9-20(18)29-25)16-28(27,32-5-2)22(30)15-17/h4,6-11,22,29,31H,1,5,12-16H2,2-3H3/t22-,26+,27+,28-/m1/s1. The molecule has 3 aromatic rings. The summed E-state index contributed by atoms with van der Waals surface area (Å²) in [5, 5.41) is 12.2. The Labute approximate surface area is 194 Å². The van der Waals surface area contributed by atoms with E-state index >= 15 is 0 Å². The largest absolute Gasteiger partial charge is 0.504 e. The molecule has 5 heteroatoms. The molecule has 1 aromatic heterocycles. The molecule has 2 N–H and O–H groups in total. The highest BCUT2D eigenvalue weighted by Gasteiger charge is 2.78. The summed E-state index contributed by atoms with van der Waals surface area (Å²) < 4.78 is 13.9. The number of fused-ring (bicyclic) bond motifs is 4. The molecule has 3 heterocycles. The molecular formula is C28H30N2O3. The first-order valence-corrected chi connectivity index (χ1v) is 12.1. The Hall–Kier alpha value is -2.76. The minimum absolute atomic E-state index is 0.205. The van der Waals surface area contributed by atoms with Crippen LogP contribution in [0.25, 0.3) is 10.9 Å². The second-order valence-electron chi connectivity index (χ2n) is 10.3. The predicted octanol–water partition coefficient (Wildman–Crippen LogP) is 4.57. The Morgan fingerprint density at radius 3 is 2.97 bits per heavy atom. The van der Waals surface area contributed by atoms with Gasteiger partial charge >= 0.3 is 0 Å². The monoisotopic (exact) mass is 442 g/mol. The van der Waals surface area contributed by atoms with Crippen LogP contribution in [0.1, 0.15) is 42.7 Å². The number of aromatic amines is 1. The number of nitrogens with one attached hydrogen (secondary N) is 1. The van der Waals surface area contributed by atoms with Gasteiger partial charge in [0.15, 0.2) is 17.1 Å². The zero-order valence-electron chi connectivity index (χ0n) is 19.3. The molecule has 33 heavy (non-hydrogen) atoms. The van der Waals surface area contributed by atoms with Gasteiger partial charge < -0.3 is 19.6 Å². The first kappa shape index (κ1) is 19.7. The summed E-state index contributed by atoms with van der Waals surface area (Å²) in [6, 6.07) is 12.6. The summed E-state index contributed by atoms with van der Waals surface area (Å²) in [5.74, 6) is 0.884. The van der Waals surface area contributed by atoms with E-state index in [2.05, 4.69) is 60.6 Å². The number of aromatic nitrogens is 1. The van der Waals surface area contributed by atoms with Crippen LogP contribution in [-0.2, 0) is 28.6 Å². The number of H-pyrrole nitrogens is 1. The van der Waals surface area contributed by atoms with Crippen molar-refractivity contribution in [2.45, 2.75) is 55.8 Å². The molecule has 0 unspecified atom stereocenters. The van der Waals surface area contributed by atoms with Crippen LogP contribution in [0.2, 0.25) is 0 Å². The summed E-state index contributed by atoms with van der Waals surface area (Å²) in [7, 11) is 0. The Bertz CT molecular complexity index is 1330. The Kier molecular flexibility index (Phi) is 3.71. The molecule has 4 atom stereocenters. The van der Waals surface area contributed by atoms with Crippen LogP contribution in [0.4, 0.5) is 0 Å². The van der Waals surface area contributed by atoms with E-state index in [1.54, 1.807) is 6.07 Å². The maximum atomic E-state index is 11.0. The molecule has 7 rings (SSSR count). The number of para-hydroxylation sites is 1. The molecule has 170 valence electrons. The van der Waals surface area contributed by atoms with E-state index < -0.39 is 11.2 Å². The maximum Gasteiger partial charge on any atom is 0.166 e. The number of aromatic hydroxyl groups is 1. The van der Waals surface area contributed by atoms with Crippen molar-refractivity contribution in [3.05, 3.63) is 71.4 Å². The van der Waals surface area contributed by atoms with E-state index in [1.165, 1.54) is 22.1 Å². The number of nitrogens with zero attached hydrogens (tertiary/aromatic N) is 1. The van der Waals surface area contributed by atoms with E-state index in [4.69, 9.17) is 9.47 Å². The van der Waals surface area contributed by atoms with Crippen LogP contribution < -0.4 is 4.74 Å². The molecule has 5 nitrogen and oxygen atoms in total. The highest BCUT2D eigenvalue weighted by Crippen LogP contribution is 2.72. The normalized spacial score (nSPS) is 33.5. The first-order chi connectivity index (χ1) is 16.0. The van der Waals surface area contributed by atoms with Gasteiger partial charge in [0.1, 0.15) is 5.60 Å². The Morgan fingerprint density at radius 2 is 2.15 bits per heavy atom. The molecule has 1 fully saturated rings. The van der Waals surface area contributed by atoms with Crippen LogP contribution >= 0.6 is 0 Å². The third-order valence-electron chi connectivity index (χ3n) is 9.15. The number of benzene rings is 2. The van der Waals surface area contributed by atoms with Gasteiger partial charge in [-0.05, 0) is 49.9 Å². The smallest absolute Gasteiger partial charge is 0.166 e. The van der Waals surface area contributed by atoms with Gasteiger partial charge in [-0.15, -0.1) is 6.58 Å². The number of likely N-dealkylation sites (tertiary alicyclic amines) is 1. The summed E-state index contributed by atoms with van der Waals surface area (Å²) in [4.78, 5) is 6.31. The van der Waals surface area contributed by atoms with Crippen LogP contribution in [0.3, 0.4) is 0 Å². The van der Waals surface area contributed by atoms with E-state index in [-0.39, 0.29) is 17.2 Å². The lowest BCUT2D eigenvalue weighted by molar-refractivity contribution is -0.223. The van der Waals surface area contributed by atoms with E-state index in [0.29, 0.717) is 12.4 Å². The number of ether oxygens (including phenoxy) is 2. The number of piperidine rings is 1. The number of phenols is 1. The number of phenolic OH excluding ortho intramolecular Hbond substituents is 1. The summed E-state index contributed by atoms with van der Waals surface area (Å²) in [5.41, 5.74) is 4.51. The van der Waals surface area contributed by atoms with Crippen molar-refractivity contribution >= 4 is 10.9 Å². The Balaban J connectivity index is 1.62. The van der Waals surface area contributed by atoms with Gasteiger partial charge in [-0.3, -0.25) is 4.90 Å². The zero-order valence-corrected chi connectivity index (χ0v) is 19.3. The minimum atomic E-state index is -0.663. The molecular weight excluding hydrogens is 412 g/mol. The molecule has 2 bridgehead atoms. The second kappa shape index (κ2) is 6.22. The second-order valence-corrected chi connectivity index (χ2v) is 10.3. The number of hydrogen-bond donors (Lipinski definition) is 2. The first-order valence-electron chi connectivity index (χ1n) is 12.1. The lowest BCUT2D eigenvalue weighted by atomic mass is 9.45. The van der Waals surface area contributed by atoms with Crippen LogP contribution in [0, 0.1) is 0 Å². The fourth-order valence-electron chi connectivity index (χ4n) is 8.12. The molecule has 1 spiro atoms. The summed E-state index contributed by atoms with van der Waals surface area (Å²) >= 11 is 0. The van der Waals surface area contributed by atoms with E-state index in [1.807, 2.05) is 6.08 Å². The predicted molar refractivity (Wildman–Crippen MR) is 128 cm³/mol. The van der Waals surface area contributed by atoms with Crippen LogP contribution in [-0.4, -0.2) is 46.3 Å². The average Bonchev–Trinajstić information content (AvgIpc) is 3.30. The highest BCUT2D eigenvalue weighted by molar-refractivity contribution is 5.86. The molecule has 0 amide bonds. The maximum absolute atomic E-state index is 11.0. The van der Waals surface area contributed by atoms with Gasteiger partial charge in [0.05, 0.1) is 11.1 Å². The van der Waals surface area contributed by atoms with Gasteiger partial charge in [-0.25, -0.2) is 0 Å². The number of rotatable bonds is 4. The van der Waals surface area contributed by atoms with Crippen molar-refractivity contribution in [2.75, 3.05) is 19.7 Å². The van der Waals surface area contributed by atoms with Gasteiger partial charge in [-0.2, -0.15) is 0 Å². The summed E-state index contributed by atoms with van der Waals surface area (Å²) in [6.45, 7) is 10.8. The highest BCUT2D eigenvalue weighted by atomic mass is 16.5. The van der Waals surface area contributed by atoms with Crippen molar-refractivity contribution in [2.24, 2.45) is 0 Å². The molecule has 2 aromatic carbocycles. The molecule has 1 saturated heterocycles. The molecule has 2 aliphatic carbocycles. The minimum Gasteiger partial charge on any atom is -0.504 e. The molecule has 0 radical (unpaired) electrons. The molecule has 4 aliphatic rings. The molecule has 2 aliphatic heterocycles. The van der Waals surface area contributed by atoms with Crippen molar-refractivity contribution in [3.63, 3.8) is 0 Å². The molecule has 0 saturated carbocycles. The van der Waals surface area contributed by atoms with Crippen molar-refractivity contribution in [1.82, 2.24) is 9.88 Å². The fraction of sp³-hybridized carbons (Fsp3) is 0.429. The number of hydrogen-bond acceptors (Lipinski definition) is 4. The van der Waals surface area contributed by atoms with Crippen LogP contribution in [0.15, 0.2) is 49.1 Å². The van der Waals surface area contributed by atoms with Crippen molar-refractivity contribution < 1.29 is 14.6 Å². The average molecular weight is 443 g/mol. The van der Waals surface area contributed by atoms with E-state index in [0.717, 1.165) is 43.6 Å². The third-order valence-corrected chi connectivity index (χ3v) is 9.15. The van der Waals surface area contributed by atoms with Gasteiger partial charge in [0, 0.05) is 48.6 Å². The quantitative estimate of drug-likeness (QED) is 0.582. The third kappa shape index (κ3) is 2.00. The lowest BCUT2D eigenvalue weighted by Crippen LogP contribution is -2.78. The van der Waals surface area contributed by atoms with Crippen molar-refractivity contribution in [3.8, 4) is 11.5 Å².